The number of hydrogen-bond donors (Lipinski definition) is 1. The van der Waals surface area contributed by atoms with Gasteiger partial charge in [0.1, 0.15) is 0 Å². The van der Waals surface area contributed by atoms with E-state index >= 15 is 0 Å². The summed E-state index contributed by atoms with van der Waals surface area (Å²) in [6.45, 7) is 6.89. The van der Waals surface area contributed by atoms with Crippen molar-refractivity contribution in [3.05, 3.63) is 29.8 Å². The summed E-state index contributed by atoms with van der Waals surface area (Å²) in [5.41, 5.74) is 0.101. The van der Waals surface area contributed by atoms with Gasteiger partial charge in [-0.05, 0) is 43.5 Å². The zero-order valence-corrected chi connectivity index (χ0v) is 12.6. The van der Waals surface area contributed by atoms with Crippen LogP contribution in [0.15, 0.2) is 24.3 Å². The lowest BCUT2D eigenvalue weighted by atomic mass is 9.93. The lowest BCUT2D eigenvalue weighted by Crippen LogP contribution is -2.48. The lowest BCUT2D eigenvalue weighted by Gasteiger charge is -2.39. The molecule has 0 aromatic heterocycles. The molecule has 1 heterocycles. The molecule has 0 aliphatic carbocycles. The molecule has 1 fully saturated rings. The van der Waals surface area contributed by atoms with Gasteiger partial charge in [0.05, 0.1) is 5.56 Å². The van der Waals surface area contributed by atoms with Gasteiger partial charge in [0, 0.05) is 24.8 Å². The lowest BCUT2D eigenvalue weighted by molar-refractivity contribution is -0.137. The fraction of sp³-hybridized carbons (Fsp3) is 0.625. The molecule has 1 aliphatic rings. The molecular formula is C16H23F3N2. The number of alkyl halides is 3. The van der Waals surface area contributed by atoms with E-state index in [0.29, 0.717) is 17.6 Å². The predicted octanol–water partition coefficient (Wildman–Crippen LogP) is 3.92. The number of halogens is 3. The van der Waals surface area contributed by atoms with Crippen LogP contribution in [0, 0.1) is 5.92 Å². The van der Waals surface area contributed by atoms with Crippen LogP contribution < -0.4 is 10.2 Å². The second kappa shape index (κ2) is 6.69. The first-order valence-electron chi connectivity index (χ1n) is 7.57. The van der Waals surface area contributed by atoms with E-state index in [-0.39, 0.29) is 0 Å². The molecule has 5 heteroatoms. The molecule has 118 valence electrons. The first-order valence-corrected chi connectivity index (χ1v) is 7.57. The van der Waals surface area contributed by atoms with Crippen molar-refractivity contribution in [2.75, 3.05) is 24.5 Å². The average molecular weight is 300 g/mol. The summed E-state index contributed by atoms with van der Waals surface area (Å²) in [5, 5.41) is 3.52. The van der Waals surface area contributed by atoms with Crippen LogP contribution in [-0.4, -0.2) is 25.7 Å². The van der Waals surface area contributed by atoms with Gasteiger partial charge in [-0.2, -0.15) is 13.2 Å². The molecule has 1 aromatic carbocycles. The maximum absolute atomic E-state index is 12.8. The summed E-state index contributed by atoms with van der Waals surface area (Å²) >= 11 is 0. The third-order valence-electron chi connectivity index (χ3n) is 4.10. The highest BCUT2D eigenvalue weighted by Gasteiger charge is 2.31. The third-order valence-corrected chi connectivity index (χ3v) is 4.10. The Morgan fingerprint density at radius 1 is 1.33 bits per heavy atom. The van der Waals surface area contributed by atoms with Crippen molar-refractivity contribution in [2.45, 2.75) is 38.9 Å². The van der Waals surface area contributed by atoms with Crippen LogP contribution >= 0.6 is 0 Å². The molecule has 2 atom stereocenters. The number of rotatable bonds is 4. The SMILES string of the molecule is CCCNC1CCN(c2cccc(C(F)(F)F)c2)CC1C. The predicted molar refractivity (Wildman–Crippen MR) is 79.5 cm³/mol. The van der Waals surface area contributed by atoms with Gasteiger partial charge in [0.2, 0.25) is 0 Å². The summed E-state index contributed by atoms with van der Waals surface area (Å²) in [5.74, 6) is 0.430. The Balaban J connectivity index is 2.04. The molecule has 0 amide bonds. The molecule has 2 nitrogen and oxygen atoms in total. The summed E-state index contributed by atoms with van der Waals surface area (Å²) in [6.07, 6.45) is -2.21. The minimum Gasteiger partial charge on any atom is -0.371 e. The van der Waals surface area contributed by atoms with Gasteiger partial charge in [0.25, 0.3) is 0 Å². The highest BCUT2D eigenvalue weighted by atomic mass is 19.4. The van der Waals surface area contributed by atoms with Crippen molar-refractivity contribution in [3.8, 4) is 0 Å². The van der Waals surface area contributed by atoms with Crippen molar-refractivity contribution in [2.24, 2.45) is 5.92 Å². The van der Waals surface area contributed by atoms with Crippen LogP contribution in [0.2, 0.25) is 0 Å². The van der Waals surface area contributed by atoms with Crippen LogP contribution in [0.25, 0.3) is 0 Å². The van der Waals surface area contributed by atoms with Crippen molar-refractivity contribution in [1.29, 1.82) is 0 Å². The van der Waals surface area contributed by atoms with E-state index in [1.807, 2.05) is 0 Å². The molecule has 0 spiro atoms. The van der Waals surface area contributed by atoms with E-state index in [2.05, 4.69) is 24.1 Å². The standard InChI is InChI=1S/C16H23F3N2/c1-3-8-20-15-7-9-21(11-12(15)2)14-6-4-5-13(10-14)16(17,18)19/h4-6,10,12,15,20H,3,7-9,11H2,1-2H3. The Morgan fingerprint density at radius 3 is 2.71 bits per heavy atom. The molecule has 21 heavy (non-hydrogen) atoms. The fourth-order valence-corrected chi connectivity index (χ4v) is 2.89. The first-order chi connectivity index (χ1) is 9.91. The van der Waals surface area contributed by atoms with E-state index in [4.69, 9.17) is 0 Å². The number of nitrogens with one attached hydrogen (secondary N) is 1. The Kier molecular flexibility index (Phi) is 5.14. The quantitative estimate of drug-likeness (QED) is 0.906. The zero-order chi connectivity index (χ0) is 15.5. The van der Waals surface area contributed by atoms with Crippen molar-refractivity contribution in [3.63, 3.8) is 0 Å². The Morgan fingerprint density at radius 2 is 2.10 bits per heavy atom. The van der Waals surface area contributed by atoms with Gasteiger partial charge < -0.3 is 10.2 Å². The number of anilines is 1. The van der Waals surface area contributed by atoms with Gasteiger partial charge >= 0.3 is 6.18 Å². The Labute approximate surface area is 124 Å². The fourth-order valence-electron chi connectivity index (χ4n) is 2.89. The number of hydrogen-bond acceptors (Lipinski definition) is 2. The van der Waals surface area contributed by atoms with E-state index in [9.17, 15) is 13.2 Å². The molecule has 1 aliphatic heterocycles. The van der Waals surface area contributed by atoms with Gasteiger partial charge in [-0.1, -0.05) is 19.9 Å². The highest BCUT2D eigenvalue weighted by molar-refractivity contribution is 5.49. The largest absolute Gasteiger partial charge is 0.416 e. The monoisotopic (exact) mass is 300 g/mol. The molecule has 2 unspecified atom stereocenters. The van der Waals surface area contributed by atoms with Gasteiger partial charge in [-0.3, -0.25) is 0 Å². The van der Waals surface area contributed by atoms with Crippen molar-refractivity contribution >= 4 is 5.69 Å². The minimum absolute atomic E-state index is 0.430. The van der Waals surface area contributed by atoms with E-state index in [1.165, 1.54) is 12.1 Å². The third kappa shape index (κ3) is 4.13. The Hall–Kier alpha value is -1.23. The molecule has 0 bridgehead atoms. The van der Waals surface area contributed by atoms with Crippen LogP contribution in [0.3, 0.4) is 0 Å². The molecule has 1 saturated heterocycles. The summed E-state index contributed by atoms with van der Waals surface area (Å²) in [4.78, 5) is 2.06. The van der Waals surface area contributed by atoms with Crippen LogP contribution in [0.4, 0.5) is 18.9 Å². The van der Waals surface area contributed by atoms with E-state index in [0.717, 1.165) is 38.5 Å². The number of nitrogens with zero attached hydrogens (tertiary/aromatic N) is 1. The molecule has 1 aromatic rings. The molecular weight excluding hydrogens is 277 g/mol. The van der Waals surface area contributed by atoms with Gasteiger partial charge in [-0.25, -0.2) is 0 Å². The van der Waals surface area contributed by atoms with E-state index in [1.54, 1.807) is 6.07 Å². The van der Waals surface area contributed by atoms with Crippen LogP contribution in [0.5, 0.6) is 0 Å². The van der Waals surface area contributed by atoms with Crippen LogP contribution in [-0.2, 0) is 6.18 Å². The highest BCUT2D eigenvalue weighted by Crippen LogP contribution is 2.32. The summed E-state index contributed by atoms with van der Waals surface area (Å²) < 4.78 is 38.4. The topological polar surface area (TPSA) is 15.3 Å². The van der Waals surface area contributed by atoms with Gasteiger partial charge in [0.15, 0.2) is 0 Å². The zero-order valence-electron chi connectivity index (χ0n) is 12.6. The van der Waals surface area contributed by atoms with E-state index < -0.39 is 11.7 Å². The minimum atomic E-state index is -4.28. The normalized spacial score (nSPS) is 23.4. The summed E-state index contributed by atoms with van der Waals surface area (Å²) in [7, 11) is 0. The van der Waals surface area contributed by atoms with Gasteiger partial charge in [-0.15, -0.1) is 0 Å². The second-order valence-corrected chi connectivity index (χ2v) is 5.82. The molecule has 0 radical (unpaired) electrons. The average Bonchev–Trinajstić information content (AvgIpc) is 2.45. The van der Waals surface area contributed by atoms with Crippen molar-refractivity contribution in [1.82, 2.24) is 5.32 Å². The Bertz CT molecular complexity index is 459. The summed E-state index contributed by atoms with van der Waals surface area (Å²) in [6, 6.07) is 6.10. The van der Waals surface area contributed by atoms with Crippen molar-refractivity contribution < 1.29 is 13.2 Å². The van der Waals surface area contributed by atoms with Crippen LogP contribution in [0.1, 0.15) is 32.3 Å². The first kappa shape index (κ1) is 16.1. The molecule has 0 saturated carbocycles. The number of piperidine rings is 1. The smallest absolute Gasteiger partial charge is 0.371 e. The second-order valence-electron chi connectivity index (χ2n) is 5.82. The maximum Gasteiger partial charge on any atom is 0.416 e. The molecule has 1 N–H and O–H groups in total. The number of benzene rings is 1. The molecule has 2 rings (SSSR count). The maximum atomic E-state index is 12.8.